The molecule has 0 amide bonds. The van der Waals surface area contributed by atoms with Gasteiger partial charge < -0.3 is 0 Å². The Morgan fingerprint density at radius 3 is 2.55 bits per heavy atom. The van der Waals surface area contributed by atoms with Crippen molar-refractivity contribution in [3.8, 4) is 6.07 Å². The Balaban J connectivity index is 2.13. The minimum atomic E-state index is -3.64. The van der Waals surface area contributed by atoms with E-state index >= 15 is 0 Å². The molecule has 0 spiro atoms. The summed E-state index contributed by atoms with van der Waals surface area (Å²) in [5.41, 5.74) is 1.02. The van der Waals surface area contributed by atoms with Crippen molar-refractivity contribution < 1.29 is 8.42 Å². The van der Waals surface area contributed by atoms with Crippen molar-refractivity contribution in [1.29, 1.82) is 5.26 Å². The molecule has 1 aromatic carbocycles. The third kappa shape index (κ3) is 3.91. The molecule has 8 heteroatoms. The molecule has 0 aliphatic heterocycles. The van der Waals surface area contributed by atoms with E-state index in [1.807, 2.05) is 6.07 Å². The zero-order valence-corrected chi connectivity index (χ0v) is 11.7. The van der Waals surface area contributed by atoms with Crippen LogP contribution in [-0.2, 0) is 15.8 Å². The fourth-order valence-electron chi connectivity index (χ4n) is 1.46. The average Bonchev–Trinajstić information content (AvgIpc) is 2.38. The highest BCUT2D eigenvalue weighted by Gasteiger charge is 2.13. The van der Waals surface area contributed by atoms with Crippen molar-refractivity contribution in [3.63, 3.8) is 0 Å². The summed E-state index contributed by atoms with van der Waals surface area (Å²) in [7, 11) is -3.64. The van der Waals surface area contributed by atoms with Crippen molar-refractivity contribution in [2.45, 2.75) is 5.75 Å². The molecule has 0 fully saturated rings. The molecule has 1 heterocycles. The molecule has 0 atom stereocenters. The number of hydrogen-bond donors (Lipinski definition) is 1. The maximum absolute atomic E-state index is 11.9. The Labute approximate surface area is 121 Å². The highest BCUT2D eigenvalue weighted by Crippen LogP contribution is 2.11. The van der Waals surface area contributed by atoms with Gasteiger partial charge in [-0.1, -0.05) is 23.7 Å². The van der Waals surface area contributed by atoms with Crippen LogP contribution in [0, 0.1) is 11.3 Å². The van der Waals surface area contributed by atoms with E-state index in [1.165, 1.54) is 12.3 Å². The molecule has 2 aromatic rings. The lowest BCUT2D eigenvalue weighted by Crippen LogP contribution is -2.16. The lowest BCUT2D eigenvalue weighted by atomic mass is 10.2. The molecule has 2 rings (SSSR count). The summed E-state index contributed by atoms with van der Waals surface area (Å²) in [6.45, 7) is 0. The first kappa shape index (κ1) is 14.2. The van der Waals surface area contributed by atoms with Gasteiger partial charge in [-0.15, -0.1) is 0 Å². The number of nitrogens with one attached hydrogen (secondary N) is 1. The number of sulfonamides is 1. The van der Waals surface area contributed by atoms with Gasteiger partial charge >= 0.3 is 0 Å². The van der Waals surface area contributed by atoms with Gasteiger partial charge in [0.25, 0.3) is 0 Å². The summed E-state index contributed by atoms with van der Waals surface area (Å²) in [5.74, 6) is -0.319. The molecule has 20 heavy (non-hydrogen) atoms. The zero-order chi connectivity index (χ0) is 14.6. The fourth-order valence-corrected chi connectivity index (χ4v) is 2.67. The molecule has 1 aromatic heterocycles. The van der Waals surface area contributed by atoms with Gasteiger partial charge in [0.2, 0.25) is 16.0 Å². The van der Waals surface area contributed by atoms with Crippen molar-refractivity contribution >= 4 is 27.6 Å². The molecule has 0 radical (unpaired) electrons. The smallest absolute Gasteiger partial charge is 0.239 e. The van der Waals surface area contributed by atoms with Crippen LogP contribution in [0.4, 0.5) is 5.95 Å². The van der Waals surface area contributed by atoms with Crippen LogP contribution in [0.15, 0.2) is 36.5 Å². The minimum absolute atomic E-state index is 0.0776. The van der Waals surface area contributed by atoms with E-state index in [2.05, 4.69) is 14.7 Å². The number of rotatable bonds is 4. The van der Waals surface area contributed by atoms with Crippen molar-refractivity contribution in [1.82, 2.24) is 9.97 Å². The van der Waals surface area contributed by atoms with Crippen LogP contribution in [0.5, 0.6) is 0 Å². The predicted octanol–water partition coefficient (Wildman–Crippen LogP) is 1.94. The topological polar surface area (TPSA) is 95.7 Å². The van der Waals surface area contributed by atoms with E-state index in [0.717, 1.165) is 0 Å². The van der Waals surface area contributed by atoms with Crippen LogP contribution in [0.2, 0.25) is 5.15 Å². The molecule has 0 bridgehead atoms. The lowest BCUT2D eigenvalue weighted by molar-refractivity contribution is 0.600. The maximum atomic E-state index is 11.9. The third-order valence-electron chi connectivity index (χ3n) is 2.31. The quantitative estimate of drug-likeness (QED) is 0.871. The van der Waals surface area contributed by atoms with E-state index in [-0.39, 0.29) is 16.9 Å². The zero-order valence-electron chi connectivity index (χ0n) is 10.1. The Morgan fingerprint density at radius 1 is 1.25 bits per heavy atom. The van der Waals surface area contributed by atoms with E-state index in [0.29, 0.717) is 11.1 Å². The van der Waals surface area contributed by atoms with Gasteiger partial charge in [0.15, 0.2) is 0 Å². The number of nitriles is 1. The van der Waals surface area contributed by atoms with E-state index in [4.69, 9.17) is 16.9 Å². The van der Waals surface area contributed by atoms with Gasteiger partial charge in [0.05, 0.1) is 17.4 Å². The molecular weight excluding hydrogens is 300 g/mol. The molecule has 102 valence electrons. The van der Waals surface area contributed by atoms with Gasteiger partial charge in [-0.25, -0.2) is 18.4 Å². The monoisotopic (exact) mass is 308 g/mol. The summed E-state index contributed by atoms with van der Waals surface area (Å²) < 4.78 is 26.1. The summed E-state index contributed by atoms with van der Waals surface area (Å²) in [6, 6.07) is 9.68. The van der Waals surface area contributed by atoms with Crippen molar-refractivity contribution in [3.05, 3.63) is 52.8 Å². The lowest BCUT2D eigenvalue weighted by Gasteiger charge is -2.06. The van der Waals surface area contributed by atoms with Gasteiger partial charge in [-0.2, -0.15) is 5.26 Å². The first-order valence-corrected chi connectivity index (χ1v) is 7.49. The highest BCUT2D eigenvalue weighted by atomic mass is 35.5. The number of halogens is 1. The summed E-state index contributed by atoms with van der Waals surface area (Å²) in [4.78, 5) is 7.51. The number of anilines is 1. The second-order valence-corrected chi connectivity index (χ2v) is 5.98. The second-order valence-electron chi connectivity index (χ2n) is 3.87. The normalized spacial score (nSPS) is 10.8. The van der Waals surface area contributed by atoms with Crippen LogP contribution < -0.4 is 4.72 Å². The first-order chi connectivity index (χ1) is 9.48. The van der Waals surface area contributed by atoms with Crippen molar-refractivity contribution in [2.24, 2.45) is 0 Å². The average molecular weight is 309 g/mol. The minimum Gasteiger partial charge on any atom is -0.251 e. The molecule has 0 saturated heterocycles. The molecular formula is C12H9ClN4O2S. The van der Waals surface area contributed by atoms with Crippen LogP contribution >= 0.6 is 11.6 Å². The Kier molecular flexibility index (Phi) is 4.17. The Bertz CT molecular complexity index is 754. The highest BCUT2D eigenvalue weighted by molar-refractivity contribution is 7.91. The Hall–Kier alpha value is -2.17. The Morgan fingerprint density at radius 2 is 1.95 bits per heavy atom. The summed E-state index contributed by atoms with van der Waals surface area (Å²) in [6.07, 6.45) is 1.36. The first-order valence-electron chi connectivity index (χ1n) is 5.46. The van der Waals surface area contributed by atoms with E-state index in [1.54, 1.807) is 24.3 Å². The van der Waals surface area contributed by atoms with Gasteiger partial charge in [-0.05, 0) is 23.8 Å². The largest absolute Gasteiger partial charge is 0.251 e. The number of aromatic nitrogens is 2. The fraction of sp³-hybridized carbons (Fsp3) is 0.0833. The van der Waals surface area contributed by atoms with Gasteiger partial charge in [0, 0.05) is 6.20 Å². The van der Waals surface area contributed by atoms with E-state index < -0.39 is 10.0 Å². The number of hydrogen-bond acceptors (Lipinski definition) is 5. The molecule has 6 nitrogen and oxygen atoms in total. The van der Waals surface area contributed by atoms with Gasteiger partial charge in [0.1, 0.15) is 5.15 Å². The van der Waals surface area contributed by atoms with Crippen LogP contribution in [0.1, 0.15) is 11.1 Å². The summed E-state index contributed by atoms with van der Waals surface area (Å²) in [5, 5.41) is 8.82. The van der Waals surface area contributed by atoms with Crippen molar-refractivity contribution in [2.75, 3.05) is 4.72 Å². The molecule has 0 unspecified atom stereocenters. The van der Waals surface area contributed by atoms with Crippen LogP contribution in [-0.4, -0.2) is 18.4 Å². The number of nitrogens with zero attached hydrogens (tertiary/aromatic N) is 3. The van der Waals surface area contributed by atoms with Crippen LogP contribution in [0.3, 0.4) is 0 Å². The SMILES string of the molecule is N#Cc1ccc(CS(=O)(=O)Nc2nccc(Cl)n2)cc1. The third-order valence-corrected chi connectivity index (χ3v) is 3.73. The maximum Gasteiger partial charge on any atom is 0.239 e. The second kappa shape index (κ2) is 5.86. The molecule has 0 saturated carbocycles. The molecule has 0 aliphatic rings. The standard InChI is InChI=1S/C12H9ClN4O2S/c13-11-5-6-15-12(16-11)17-20(18,19)8-10-3-1-9(7-14)2-4-10/h1-6H,8H2,(H,15,16,17). The summed E-state index contributed by atoms with van der Waals surface area (Å²) >= 11 is 5.65. The molecule has 1 N–H and O–H groups in total. The van der Waals surface area contributed by atoms with Crippen LogP contribution in [0.25, 0.3) is 0 Å². The van der Waals surface area contributed by atoms with E-state index in [9.17, 15) is 8.42 Å². The predicted molar refractivity (Wildman–Crippen MR) is 74.4 cm³/mol. The number of benzene rings is 1. The molecule has 0 aliphatic carbocycles. The van der Waals surface area contributed by atoms with Gasteiger partial charge in [-0.3, -0.25) is 4.72 Å².